The van der Waals surface area contributed by atoms with Crippen LogP contribution in [0.1, 0.15) is 58.8 Å². The van der Waals surface area contributed by atoms with Gasteiger partial charge in [-0.1, -0.05) is 0 Å². The number of carbonyl (C=O) groups excluding carboxylic acids is 5. The predicted molar refractivity (Wildman–Crippen MR) is 106 cm³/mol. The van der Waals surface area contributed by atoms with Gasteiger partial charge in [0.05, 0.1) is 6.04 Å². The molecule has 162 valence electrons. The van der Waals surface area contributed by atoms with Gasteiger partial charge in [-0.15, -0.1) is 0 Å². The number of nitrogens with zero attached hydrogens (tertiary/aromatic N) is 2. The Bertz CT molecular complexity index is 638. The topological polar surface area (TPSA) is 116 Å². The van der Waals surface area contributed by atoms with E-state index in [1.807, 2.05) is 0 Å². The Morgan fingerprint density at radius 1 is 0.931 bits per heavy atom. The molecule has 0 aromatic heterocycles. The summed E-state index contributed by atoms with van der Waals surface area (Å²) in [5.74, 6) is -0.637. The lowest BCUT2D eigenvalue weighted by molar-refractivity contribution is -0.137. The average Bonchev–Trinajstić information content (AvgIpc) is 3.35. The number of carbonyl (C=O) groups is 5. The summed E-state index contributed by atoms with van der Waals surface area (Å²) in [7, 11) is 0. The smallest absolute Gasteiger partial charge is 0.243 e. The molecular weight excluding hydrogens is 376 g/mol. The Kier molecular flexibility index (Phi) is 8.60. The van der Waals surface area contributed by atoms with E-state index in [9.17, 15) is 24.0 Å². The standard InChI is InChI=1S/C20H32N4O5/c1-14(26)23-11-5-8-17(23)19(28)21-10-4-3-7-16(13-25)22-20(29)18-9-6-12-24(18)15(2)27/h13,16-18H,3-12H2,1-2H3,(H,21,28)(H,22,29). The number of nitrogens with one attached hydrogen (secondary N) is 2. The first-order valence-corrected chi connectivity index (χ1v) is 10.4. The summed E-state index contributed by atoms with van der Waals surface area (Å²) in [4.78, 5) is 62.2. The van der Waals surface area contributed by atoms with Crippen LogP contribution in [0.5, 0.6) is 0 Å². The van der Waals surface area contributed by atoms with Gasteiger partial charge in [0, 0.05) is 33.5 Å². The molecule has 0 bridgehead atoms. The Hall–Kier alpha value is -2.45. The Balaban J connectivity index is 1.67. The highest BCUT2D eigenvalue weighted by Crippen LogP contribution is 2.18. The van der Waals surface area contributed by atoms with Gasteiger partial charge < -0.3 is 25.2 Å². The lowest BCUT2D eigenvalue weighted by Crippen LogP contribution is -2.48. The molecule has 2 aliphatic rings. The highest BCUT2D eigenvalue weighted by Gasteiger charge is 2.33. The molecule has 0 spiro atoms. The van der Waals surface area contributed by atoms with Crippen LogP contribution in [0.15, 0.2) is 0 Å². The van der Waals surface area contributed by atoms with E-state index in [1.54, 1.807) is 9.80 Å². The molecule has 9 heteroatoms. The summed E-state index contributed by atoms with van der Waals surface area (Å²) >= 11 is 0. The van der Waals surface area contributed by atoms with Gasteiger partial charge in [0.15, 0.2) is 0 Å². The van der Waals surface area contributed by atoms with Crippen molar-refractivity contribution in [2.24, 2.45) is 0 Å². The molecule has 2 heterocycles. The third-order valence-electron chi connectivity index (χ3n) is 5.65. The van der Waals surface area contributed by atoms with Gasteiger partial charge in [-0.05, 0) is 44.9 Å². The molecule has 2 rings (SSSR count). The summed E-state index contributed by atoms with van der Waals surface area (Å²) in [6.45, 7) is 4.57. The van der Waals surface area contributed by atoms with Gasteiger partial charge in [0.2, 0.25) is 23.6 Å². The summed E-state index contributed by atoms with van der Waals surface area (Å²) in [6.07, 6.45) is 5.43. The maximum absolute atomic E-state index is 12.4. The van der Waals surface area contributed by atoms with Crippen molar-refractivity contribution in [1.29, 1.82) is 0 Å². The third kappa shape index (κ3) is 6.27. The zero-order valence-corrected chi connectivity index (χ0v) is 17.3. The minimum atomic E-state index is -0.601. The minimum Gasteiger partial charge on any atom is -0.354 e. The second-order valence-electron chi connectivity index (χ2n) is 7.78. The molecule has 0 aromatic rings. The maximum Gasteiger partial charge on any atom is 0.243 e. The molecule has 2 N–H and O–H groups in total. The van der Waals surface area contributed by atoms with Crippen LogP contribution >= 0.6 is 0 Å². The first-order chi connectivity index (χ1) is 13.8. The molecule has 29 heavy (non-hydrogen) atoms. The van der Waals surface area contributed by atoms with E-state index >= 15 is 0 Å². The molecular formula is C20H32N4O5. The molecule has 2 fully saturated rings. The van der Waals surface area contributed by atoms with E-state index in [1.165, 1.54) is 13.8 Å². The lowest BCUT2D eigenvalue weighted by Gasteiger charge is -2.24. The summed E-state index contributed by atoms with van der Waals surface area (Å²) in [5, 5.41) is 5.58. The molecule has 3 atom stereocenters. The van der Waals surface area contributed by atoms with E-state index in [0.29, 0.717) is 58.0 Å². The number of hydrogen-bond acceptors (Lipinski definition) is 5. The van der Waals surface area contributed by atoms with Crippen LogP contribution in [-0.2, 0) is 24.0 Å². The largest absolute Gasteiger partial charge is 0.354 e. The predicted octanol–water partition coefficient (Wildman–Crippen LogP) is -0.0216. The number of amides is 4. The molecule has 0 aromatic carbocycles. The van der Waals surface area contributed by atoms with Crippen LogP contribution in [0.25, 0.3) is 0 Å². The highest BCUT2D eigenvalue weighted by molar-refractivity contribution is 5.89. The fourth-order valence-electron chi connectivity index (χ4n) is 4.10. The van der Waals surface area contributed by atoms with Gasteiger partial charge in [-0.3, -0.25) is 19.2 Å². The van der Waals surface area contributed by atoms with Crippen LogP contribution in [0.2, 0.25) is 0 Å². The second-order valence-corrected chi connectivity index (χ2v) is 7.78. The van der Waals surface area contributed by atoms with Crippen molar-refractivity contribution in [3.63, 3.8) is 0 Å². The van der Waals surface area contributed by atoms with E-state index in [-0.39, 0.29) is 29.7 Å². The van der Waals surface area contributed by atoms with Crippen molar-refractivity contribution in [3.8, 4) is 0 Å². The Morgan fingerprint density at radius 3 is 2.00 bits per heavy atom. The van der Waals surface area contributed by atoms with Gasteiger partial charge in [-0.2, -0.15) is 0 Å². The molecule has 0 saturated carbocycles. The van der Waals surface area contributed by atoms with Gasteiger partial charge in [0.1, 0.15) is 18.4 Å². The maximum atomic E-state index is 12.4. The monoisotopic (exact) mass is 408 g/mol. The molecule has 2 aliphatic heterocycles. The Labute approximate surface area is 171 Å². The third-order valence-corrected chi connectivity index (χ3v) is 5.65. The quantitative estimate of drug-likeness (QED) is 0.411. The SMILES string of the molecule is CC(=O)N1CCCC1C(=O)NCCCCC(C=O)NC(=O)C1CCCN1C(C)=O. The summed E-state index contributed by atoms with van der Waals surface area (Å²) < 4.78 is 0. The van der Waals surface area contributed by atoms with Crippen molar-refractivity contribution >= 4 is 29.9 Å². The number of unbranched alkanes of at least 4 members (excludes halogenated alkanes) is 1. The number of likely N-dealkylation sites (tertiary alicyclic amines) is 2. The van der Waals surface area contributed by atoms with Gasteiger partial charge in [-0.25, -0.2) is 0 Å². The minimum absolute atomic E-state index is 0.0854. The molecule has 4 amide bonds. The van der Waals surface area contributed by atoms with Crippen molar-refractivity contribution in [2.45, 2.75) is 76.9 Å². The van der Waals surface area contributed by atoms with Crippen molar-refractivity contribution < 1.29 is 24.0 Å². The zero-order valence-electron chi connectivity index (χ0n) is 17.3. The van der Waals surface area contributed by atoms with E-state index in [4.69, 9.17) is 0 Å². The van der Waals surface area contributed by atoms with Crippen molar-refractivity contribution in [2.75, 3.05) is 19.6 Å². The van der Waals surface area contributed by atoms with Gasteiger partial charge >= 0.3 is 0 Å². The van der Waals surface area contributed by atoms with Crippen LogP contribution in [-0.4, -0.2) is 77.5 Å². The van der Waals surface area contributed by atoms with Crippen LogP contribution in [0.3, 0.4) is 0 Å². The fourth-order valence-corrected chi connectivity index (χ4v) is 4.10. The number of aldehydes is 1. The molecule has 0 aliphatic carbocycles. The summed E-state index contributed by atoms with van der Waals surface area (Å²) in [5.41, 5.74) is 0. The first-order valence-electron chi connectivity index (χ1n) is 10.4. The summed E-state index contributed by atoms with van der Waals surface area (Å²) in [6, 6.07) is -1.48. The number of rotatable bonds is 9. The van der Waals surface area contributed by atoms with E-state index < -0.39 is 12.1 Å². The molecule has 3 unspecified atom stereocenters. The van der Waals surface area contributed by atoms with Crippen LogP contribution < -0.4 is 10.6 Å². The average molecular weight is 408 g/mol. The van der Waals surface area contributed by atoms with Crippen molar-refractivity contribution in [3.05, 3.63) is 0 Å². The molecule has 0 radical (unpaired) electrons. The van der Waals surface area contributed by atoms with E-state index in [2.05, 4.69) is 10.6 Å². The van der Waals surface area contributed by atoms with E-state index in [0.717, 1.165) is 12.8 Å². The molecule has 9 nitrogen and oxygen atoms in total. The normalized spacial score (nSPS) is 22.3. The molecule has 2 saturated heterocycles. The van der Waals surface area contributed by atoms with Crippen LogP contribution in [0.4, 0.5) is 0 Å². The second kappa shape index (κ2) is 10.9. The zero-order chi connectivity index (χ0) is 21.4. The fraction of sp³-hybridized carbons (Fsp3) is 0.750. The number of hydrogen-bond donors (Lipinski definition) is 2. The van der Waals surface area contributed by atoms with Crippen LogP contribution in [0, 0.1) is 0 Å². The Morgan fingerprint density at radius 2 is 1.48 bits per heavy atom. The highest BCUT2D eigenvalue weighted by atomic mass is 16.2. The first kappa shape index (κ1) is 22.8. The van der Waals surface area contributed by atoms with Gasteiger partial charge in [0.25, 0.3) is 0 Å². The lowest BCUT2D eigenvalue weighted by atomic mass is 10.1. The van der Waals surface area contributed by atoms with Crippen molar-refractivity contribution in [1.82, 2.24) is 20.4 Å².